The minimum absolute atomic E-state index is 0.643. The van der Waals surface area contributed by atoms with Crippen LogP contribution in [0.4, 0.5) is 0 Å². The number of hydrogen-bond donors (Lipinski definition) is 3. The van der Waals surface area contributed by atoms with Crippen LogP contribution in [-0.2, 0) is 13.0 Å². The van der Waals surface area contributed by atoms with Crippen molar-refractivity contribution in [3.05, 3.63) is 47.8 Å². The van der Waals surface area contributed by atoms with Crippen molar-refractivity contribution in [2.24, 2.45) is 4.99 Å². The number of aliphatic imine (C=N–C) groups is 1. The first-order chi connectivity index (χ1) is 15.7. The predicted octanol–water partition coefficient (Wildman–Crippen LogP) is 3.67. The van der Waals surface area contributed by atoms with Crippen LogP contribution < -0.4 is 24.8 Å². The third-order valence-electron chi connectivity index (χ3n) is 5.04. The molecule has 8 nitrogen and oxygen atoms in total. The number of methoxy groups -OCH3 is 2. The molecule has 172 valence electrons. The number of ether oxygens (including phenoxy) is 3. The summed E-state index contributed by atoms with van der Waals surface area (Å²) in [5.41, 5.74) is 3.24. The lowest BCUT2D eigenvalue weighted by atomic mass is 10.2. The molecule has 0 aliphatic heterocycles. The lowest BCUT2D eigenvalue weighted by molar-refractivity contribution is 0.305. The Morgan fingerprint density at radius 3 is 2.69 bits per heavy atom. The molecule has 0 atom stereocenters. The van der Waals surface area contributed by atoms with Crippen LogP contribution in [0.15, 0.2) is 41.5 Å². The second-order valence-corrected chi connectivity index (χ2v) is 7.39. The molecule has 0 spiro atoms. The van der Waals surface area contributed by atoms with Gasteiger partial charge in [0.05, 0.1) is 26.3 Å². The van der Waals surface area contributed by atoms with Crippen molar-refractivity contribution in [3.8, 4) is 17.4 Å². The largest absolute Gasteiger partial charge is 0.497 e. The molecule has 0 saturated heterocycles. The van der Waals surface area contributed by atoms with E-state index in [4.69, 9.17) is 14.2 Å². The van der Waals surface area contributed by atoms with Crippen molar-refractivity contribution in [1.29, 1.82) is 0 Å². The van der Waals surface area contributed by atoms with Crippen molar-refractivity contribution in [1.82, 2.24) is 20.6 Å². The van der Waals surface area contributed by atoms with E-state index in [1.165, 1.54) is 0 Å². The molecule has 1 aromatic carbocycles. The summed E-state index contributed by atoms with van der Waals surface area (Å²) in [6.45, 7) is 4.20. The van der Waals surface area contributed by atoms with Crippen molar-refractivity contribution < 1.29 is 14.2 Å². The van der Waals surface area contributed by atoms with Crippen molar-refractivity contribution in [2.45, 2.75) is 32.7 Å². The molecule has 3 aromatic rings. The number of benzene rings is 1. The smallest absolute Gasteiger partial charge is 0.213 e. The minimum Gasteiger partial charge on any atom is -0.497 e. The van der Waals surface area contributed by atoms with Gasteiger partial charge in [0.1, 0.15) is 11.5 Å². The van der Waals surface area contributed by atoms with Gasteiger partial charge in [-0.1, -0.05) is 13.0 Å². The first-order valence-corrected chi connectivity index (χ1v) is 10.9. The van der Waals surface area contributed by atoms with Gasteiger partial charge in [-0.05, 0) is 30.9 Å². The molecule has 0 aliphatic carbocycles. The molecular weight excluding hydrogens is 406 g/mol. The molecule has 3 rings (SSSR count). The number of hydrogen-bond acceptors (Lipinski definition) is 5. The van der Waals surface area contributed by atoms with E-state index in [-0.39, 0.29) is 0 Å². The average molecular weight is 440 g/mol. The van der Waals surface area contributed by atoms with Crippen LogP contribution in [-0.4, -0.2) is 50.3 Å². The maximum atomic E-state index is 5.52. The number of fused-ring (bicyclic) bond motifs is 1. The Labute approximate surface area is 189 Å². The zero-order chi connectivity index (χ0) is 22.8. The van der Waals surface area contributed by atoms with E-state index in [2.05, 4.69) is 38.6 Å². The summed E-state index contributed by atoms with van der Waals surface area (Å²) < 4.78 is 16.4. The monoisotopic (exact) mass is 439 g/mol. The van der Waals surface area contributed by atoms with E-state index in [9.17, 15) is 0 Å². The number of H-pyrrole nitrogens is 1. The van der Waals surface area contributed by atoms with Crippen LogP contribution in [0.2, 0.25) is 0 Å². The number of aromatic amines is 1. The number of rotatable bonds is 11. The van der Waals surface area contributed by atoms with E-state index in [0.717, 1.165) is 65.4 Å². The number of aryl methyl sites for hydroxylation is 1. The maximum absolute atomic E-state index is 5.52. The van der Waals surface area contributed by atoms with Crippen LogP contribution in [0.1, 0.15) is 31.0 Å². The van der Waals surface area contributed by atoms with Crippen molar-refractivity contribution in [3.63, 3.8) is 0 Å². The SMILES string of the molecule is CCCOc1ccc(CNC(=NC)NCCCc2cc3c(OC)cc(OC)cc3[nH]2)cn1. The van der Waals surface area contributed by atoms with Crippen LogP contribution >= 0.6 is 0 Å². The number of pyridine rings is 1. The Kier molecular flexibility index (Phi) is 8.60. The Balaban J connectivity index is 1.45. The Bertz CT molecular complexity index is 1010. The molecule has 32 heavy (non-hydrogen) atoms. The highest BCUT2D eigenvalue weighted by Gasteiger charge is 2.09. The summed E-state index contributed by atoms with van der Waals surface area (Å²) in [5.74, 6) is 3.01. The molecule has 8 heteroatoms. The molecule has 2 heterocycles. The predicted molar refractivity (Wildman–Crippen MR) is 128 cm³/mol. The van der Waals surface area contributed by atoms with E-state index < -0.39 is 0 Å². The summed E-state index contributed by atoms with van der Waals surface area (Å²) in [6, 6.07) is 9.94. The first kappa shape index (κ1) is 23.2. The van der Waals surface area contributed by atoms with Gasteiger partial charge in [-0.2, -0.15) is 0 Å². The highest BCUT2D eigenvalue weighted by Crippen LogP contribution is 2.31. The second-order valence-electron chi connectivity index (χ2n) is 7.39. The molecule has 0 saturated carbocycles. The quantitative estimate of drug-likeness (QED) is 0.240. The molecule has 3 N–H and O–H groups in total. The van der Waals surface area contributed by atoms with E-state index in [1.54, 1.807) is 21.3 Å². The van der Waals surface area contributed by atoms with Gasteiger partial charge in [-0.15, -0.1) is 0 Å². The molecule has 0 fully saturated rings. The van der Waals surface area contributed by atoms with Crippen LogP contribution in [0.25, 0.3) is 10.9 Å². The van der Waals surface area contributed by atoms with E-state index >= 15 is 0 Å². The van der Waals surface area contributed by atoms with Crippen LogP contribution in [0.5, 0.6) is 17.4 Å². The van der Waals surface area contributed by atoms with Gasteiger partial charge < -0.3 is 29.8 Å². The topological polar surface area (TPSA) is 92.8 Å². The van der Waals surface area contributed by atoms with Gasteiger partial charge in [-0.3, -0.25) is 4.99 Å². The normalized spacial score (nSPS) is 11.4. The van der Waals surface area contributed by atoms with Crippen molar-refractivity contribution in [2.75, 3.05) is 34.4 Å². The standard InChI is InChI=1S/C24H33N5O3/c1-5-11-32-23-9-8-17(15-27-23)16-28-24(25-2)26-10-6-7-18-12-20-21(29-18)13-19(30-3)14-22(20)31-4/h8-9,12-15,29H,5-7,10-11,16H2,1-4H3,(H2,25,26,28). The maximum Gasteiger partial charge on any atom is 0.213 e. The third kappa shape index (κ3) is 6.29. The highest BCUT2D eigenvalue weighted by molar-refractivity contribution is 5.88. The van der Waals surface area contributed by atoms with Gasteiger partial charge in [0.2, 0.25) is 5.88 Å². The minimum atomic E-state index is 0.643. The van der Waals surface area contributed by atoms with Crippen LogP contribution in [0, 0.1) is 0 Å². The summed E-state index contributed by atoms with van der Waals surface area (Å²) in [7, 11) is 5.10. The summed E-state index contributed by atoms with van der Waals surface area (Å²) in [4.78, 5) is 12.1. The molecule has 0 bridgehead atoms. The number of guanidine groups is 1. The molecule has 0 amide bonds. The lowest BCUT2D eigenvalue weighted by Gasteiger charge is -2.12. The van der Waals surface area contributed by atoms with Gasteiger partial charge in [0, 0.05) is 55.6 Å². The third-order valence-corrected chi connectivity index (χ3v) is 5.04. The first-order valence-electron chi connectivity index (χ1n) is 10.9. The number of nitrogens with one attached hydrogen (secondary N) is 3. The summed E-state index contributed by atoms with van der Waals surface area (Å²) in [5, 5.41) is 7.74. The van der Waals surface area contributed by atoms with E-state index in [0.29, 0.717) is 19.0 Å². The van der Waals surface area contributed by atoms with Crippen LogP contribution in [0.3, 0.4) is 0 Å². The van der Waals surface area contributed by atoms with Gasteiger partial charge in [-0.25, -0.2) is 4.98 Å². The lowest BCUT2D eigenvalue weighted by Crippen LogP contribution is -2.37. The van der Waals surface area contributed by atoms with Gasteiger partial charge in [0.15, 0.2) is 5.96 Å². The Morgan fingerprint density at radius 1 is 1.12 bits per heavy atom. The van der Waals surface area contributed by atoms with Crippen molar-refractivity contribution >= 4 is 16.9 Å². The highest BCUT2D eigenvalue weighted by atomic mass is 16.5. The second kappa shape index (κ2) is 11.8. The number of nitrogens with zero attached hydrogens (tertiary/aromatic N) is 2. The fraction of sp³-hybridized carbons (Fsp3) is 0.417. The van der Waals surface area contributed by atoms with E-state index in [1.807, 2.05) is 30.5 Å². The zero-order valence-electron chi connectivity index (χ0n) is 19.3. The molecule has 0 aliphatic rings. The fourth-order valence-corrected chi connectivity index (χ4v) is 3.36. The fourth-order valence-electron chi connectivity index (χ4n) is 3.36. The average Bonchev–Trinajstić information content (AvgIpc) is 3.25. The zero-order valence-corrected chi connectivity index (χ0v) is 19.3. The number of aromatic nitrogens is 2. The Hall–Kier alpha value is -3.42. The summed E-state index contributed by atoms with van der Waals surface area (Å²) >= 11 is 0. The molecule has 0 radical (unpaired) electrons. The molecular formula is C24H33N5O3. The van der Waals surface area contributed by atoms with Gasteiger partial charge in [0.25, 0.3) is 0 Å². The van der Waals surface area contributed by atoms with Gasteiger partial charge >= 0.3 is 0 Å². The summed E-state index contributed by atoms with van der Waals surface area (Å²) in [6.07, 6.45) is 4.66. The molecule has 0 unspecified atom stereocenters. The molecule has 2 aromatic heterocycles. The Morgan fingerprint density at radius 2 is 2.00 bits per heavy atom.